The fraction of sp³-hybridized carbons (Fsp3) is 0.708. The molecular formula is C24H38N4O2. The van der Waals surface area contributed by atoms with Crippen LogP contribution in [-0.4, -0.2) is 72.2 Å². The zero-order valence-electron chi connectivity index (χ0n) is 19.1. The number of piperidine rings is 1. The van der Waals surface area contributed by atoms with Crippen LogP contribution < -0.4 is 15.4 Å². The number of amides is 1. The molecule has 0 spiro atoms. The number of fused-ring (bicyclic) bond motifs is 1. The molecule has 0 unspecified atom stereocenters. The second-order valence-corrected chi connectivity index (χ2v) is 10.7. The van der Waals surface area contributed by atoms with E-state index in [0.717, 1.165) is 64.3 Å². The summed E-state index contributed by atoms with van der Waals surface area (Å²) in [5.74, 6) is 1.22. The van der Waals surface area contributed by atoms with Crippen LogP contribution >= 0.6 is 0 Å². The molecule has 30 heavy (non-hydrogen) atoms. The summed E-state index contributed by atoms with van der Waals surface area (Å²) < 4.78 is 5.61. The standard InChI is InChI=1S/C24H38N4O2/c1-23(2)14-20(15-24(3,4)26-23)25-22(29)17-28-10-8-27(9-11-28)16-18-5-6-21-19(13-18)7-12-30-21/h5-6,13,20,26H,7-12,14-17H2,1-4H3,(H,25,29). The van der Waals surface area contributed by atoms with Gasteiger partial charge in [-0.1, -0.05) is 12.1 Å². The maximum absolute atomic E-state index is 12.7. The van der Waals surface area contributed by atoms with E-state index in [-0.39, 0.29) is 23.0 Å². The van der Waals surface area contributed by atoms with E-state index in [2.05, 4.69) is 66.3 Å². The molecule has 3 heterocycles. The van der Waals surface area contributed by atoms with Gasteiger partial charge in [-0.05, 0) is 57.7 Å². The first-order valence-electron chi connectivity index (χ1n) is 11.5. The van der Waals surface area contributed by atoms with Gasteiger partial charge < -0.3 is 15.4 Å². The lowest BCUT2D eigenvalue weighted by molar-refractivity contribution is -0.124. The van der Waals surface area contributed by atoms with Crippen molar-refractivity contribution in [1.29, 1.82) is 0 Å². The van der Waals surface area contributed by atoms with Gasteiger partial charge in [0.1, 0.15) is 5.75 Å². The molecule has 166 valence electrons. The average molecular weight is 415 g/mol. The molecule has 0 saturated carbocycles. The van der Waals surface area contributed by atoms with E-state index in [1.165, 1.54) is 11.1 Å². The molecule has 2 fully saturated rings. The summed E-state index contributed by atoms with van der Waals surface area (Å²) in [4.78, 5) is 17.5. The molecule has 1 aromatic carbocycles. The lowest BCUT2D eigenvalue weighted by atomic mass is 9.79. The first-order chi connectivity index (χ1) is 14.2. The highest BCUT2D eigenvalue weighted by atomic mass is 16.5. The smallest absolute Gasteiger partial charge is 0.234 e. The van der Waals surface area contributed by atoms with Crippen molar-refractivity contribution in [3.05, 3.63) is 29.3 Å². The van der Waals surface area contributed by atoms with Crippen LogP contribution in [0.5, 0.6) is 5.75 Å². The van der Waals surface area contributed by atoms with Crippen molar-refractivity contribution in [3.63, 3.8) is 0 Å². The number of hydrogen-bond acceptors (Lipinski definition) is 5. The van der Waals surface area contributed by atoms with Gasteiger partial charge in [-0.2, -0.15) is 0 Å². The third-order valence-corrected chi connectivity index (χ3v) is 6.55. The second kappa shape index (κ2) is 8.48. The summed E-state index contributed by atoms with van der Waals surface area (Å²) in [7, 11) is 0. The molecule has 0 bridgehead atoms. The van der Waals surface area contributed by atoms with E-state index in [1.807, 2.05) is 0 Å². The Morgan fingerprint density at radius 2 is 1.77 bits per heavy atom. The van der Waals surface area contributed by atoms with Crippen LogP contribution in [0.3, 0.4) is 0 Å². The highest BCUT2D eigenvalue weighted by Crippen LogP contribution is 2.29. The quantitative estimate of drug-likeness (QED) is 0.773. The fourth-order valence-electron chi connectivity index (χ4n) is 5.60. The first kappa shape index (κ1) is 21.6. The SMILES string of the molecule is CC1(C)CC(NC(=O)CN2CCN(Cc3ccc4c(c3)CCO4)CC2)CC(C)(C)N1. The van der Waals surface area contributed by atoms with Gasteiger partial charge in [0.2, 0.25) is 5.91 Å². The number of carbonyl (C=O) groups excluding carboxylic acids is 1. The van der Waals surface area contributed by atoms with Gasteiger partial charge in [0.15, 0.2) is 0 Å². The molecule has 2 saturated heterocycles. The lowest BCUT2D eigenvalue weighted by Crippen LogP contribution is -2.62. The Kier molecular flexibility index (Phi) is 6.11. The van der Waals surface area contributed by atoms with Crippen molar-refractivity contribution in [3.8, 4) is 5.75 Å². The molecule has 4 rings (SSSR count). The Hall–Kier alpha value is -1.63. The van der Waals surface area contributed by atoms with Crippen LogP contribution in [-0.2, 0) is 17.8 Å². The number of piperazine rings is 1. The summed E-state index contributed by atoms with van der Waals surface area (Å²) in [6.07, 6.45) is 2.97. The Bertz CT molecular complexity index is 752. The van der Waals surface area contributed by atoms with Crippen LogP contribution in [0.25, 0.3) is 0 Å². The van der Waals surface area contributed by atoms with Gasteiger partial charge in [-0.25, -0.2) is 0 Å². The van der Waals surface area contributed by atoms with E-state index >= 15 is 0 Å². The molecule has 3 aliphatic heterocycles. The van der Waals surface area contributed by atoms with Crippen LogP contribution in [0.2, 0.25) is 0 Å². The summed E-state index contributed by atoms with van der Waals surface area (Å²) in [5.41, 5.74) is 2.80. The normalized spacial score (nSPS) is 24.3. The van der Waals surface area contributed by atoms with Crippen molar-refractivity contribution in [1.82, 2.24) is 20.4 Å². The van der Waals surface area contributed by atoms with E-state index < -0.39 is 0 Å². The van der Waals surface area contributed by atoms with Gasteiger partial charge in [-0.15, -0.1) is 0 Å². The minimum atomic E-state index is 0.0506. The Morgan fingerprint density at radius 3 is 2.47 bits per heavy atom. The molecule has 0 atom stereocenters. The molecule has 6 nitrogen and oxygen atoms in total. The van der Waals surface area contributed by atoms with Gasteiger partial charge in [0.25, 0.3) is 0 Å². The van der Waals surface area contributed by atoms with Gasteiger partial charge in [-0.3, -0.25) is 14.6 Å². The van der Waals surface area contributed by atoms with Crippen LogP contribution in [0, 0.1) is 0 Å². The van der Waals surface area contributed by atoms with Crippen molar-refractivity contribution in [2.75, 3.05) is 39.3 Å². The predicted octanol–water partition coefficient (Wildman–Crippen LogP) is 2.16. The largest absolute Gasteiger partial charge is 0.493 e. The van der Waals surface area contributed by atoms with E-state index in [9.17, 15) is 4.79 Å². The number of nitrogens with zero attached hydrogens (tertiary/aromatic N) is 2. The summed E-state index contributed by atoms with van der Waals surface area (Å²) >= 11 is 0. The summed E-state index contributed by atoms with van der Waals surface area (Å²) in [5, 5.41) is 6.99. The van der Waals surface area contributed by atoms with Crippen LogP contribution in [0.4, 0.5) is 0 Å². The Morgan fingerprint density at radius 1 is 1.10 bits per heavy atom. The molecule has 1 amide bonds. The maximum atomic E-state index is 12.7. The number of carbonyl (C=O) groups is 1. The molecule has 1 aromatic rings. The monoisotopic (exact) mass is 414 g/mol. The highest BCUT2D eigenvalue weighted by Gasteiger charge is 2.38. The molecule has 2 N–H and O–H groups in total. The Balaban J connectivity index is 1.21. The molecule has 6 heteroatoms. The predicted molar refractivity (Wildman–Crippen MR) is 120 cm³/mol. The number of ether oxygens (including phenoxy) is 1. The highest BCUT2D eigenvalue weighted by molar-refractivity contribution is 5.78. The van der Waals surface area contributed by atoms with E-state index in [1.54, 1.807) is 0 Å². The van der Waals surface area contributed by atoms with Crippen molar-refractivity contribution in [2.24, 2.45) is 0 Å². The minimum Gasteiger partial charge on any atom is -0.493 e. The number of hydrogen-bond donors (Lipinski definition) is 2. The zero-order valence-corrected chi connectivity index (χ0v) is 19.1. The number of nitrogens with one attached hydrogen (secondary N) is 2. The maximum Gasteiger partial charge on any atom is 0.234 e. The summed E-state index contributed by atoms with van der Waals surface area (Å²) in [6, 6.07) is 6.84. The molecule has 0 aromatic heterocycles. The third-order valence-electron chi connectivity index (χ3n) is 6.55. The zero-order chi connectivity index (χ0) is 21.4. The third kappa shape index (κ3) is 5.54. The van der Waals surface area contributed by atoms with Crippen molar-refractivity contribution < 1.29 is 9.53 Å². The minimum absolute atomic E-state index is 0.0506. The fourth-order valence-corrected chi connectivity index (χ4v) is 5.60. The Labute approximate surface area is 181 Å². The number of rotatable bonds is 5. The van der Waals surface area contributed by atoms with Crippen LogP contribution in [0.1, 0.15) is 51.7 Å². The molecular weight excluding hydrogens is 376 g/mol. The van der Waals surface area contributed by atoms with Crippen molar-refractivity contribution >= 4 is 5.91 Å². The van der Waals surface area contributed by atoms with E-state index in [0.29, 0.717) is 6.54 Å². The molecule has 3 aliphatic rings. The lowest BCUT2D eigenvalue weighted by Gasteiger charge is -2.46. The number of benzene rings is 1. The molecule has 0 aliphatic carbocycles. The van der Waals surface area contributed by atoms with Crippen molar-refractivity contribution in [2.45, 2.75) is 70.6 Å². The topological polar surface area (TPSA) is 56.8 Å². The average Bonchev–Trinajstić information content (AvgIpc) is 3.08. The molecule has 0 radical (unpaired) electrons. The summed E-state index contributed by atoms with van der Waals surface area (Å²) in [6.45, 7) is 15.1. The van der Waals surface area contributed by atoms with Gasteiger partial charge >= 0.3 is 0 Å². The first-order valence-corrected chi connectivity index (χ1v) is 11.5. The van der Waals surface area contributed by atoms with Crippen LogP contribution in [0.15, 0.2) is 18.2 Å². The van der Waals surface area contributed by atoms with E-state index in [4.69, 9.17) is 4.74 Å². The second-order valence-electron chi connectivity index (χ2n) is 10.7. The van der Waals surface area contributed by atoms with Gasteiger partial charge in [0, 0.05) is 56.3 Å². The van der Waals surface area contributed by atoms with Gasteiger partial charge in [0.05, 0.1) is 13.2 Å².